The molecule has 1 aromatic heterocycles. The highest BCUT2D eigenvalue weighted by Crippen LogP contribution is 2.30. The second-order valence-corrected chi connectivity index (χ2v) is 7.35. The Hall–Kier alpha value is -4.14. The summed E-state index contributed by atoms with van der Waals surface area (Å²) < 4.78 is 40.2. The summed E-state index contributed by atoms with van der Waals surface area (Å²) in [6.45, 7) is 7.61. The van der Waals surface area contributed by atoms with Crippen LogP contribution in [0.3, 0.4) is 0 Å². The number of carbonyl (C=O) groups excluding carboxylic acids is 2. The van der Waals surface area contributed by atoms with Gasteiger partial charge in [-0.25, -0.2) is 0 Å². The number of allylic oxidation sites excluding steroid dienone is 2. The first-order chi connectivity index (χ1) is 17.1. The van der Waals surface area contributed by atoms with Crippen molar-refractivity contribution in [2.24, 2.45) is 7.05 Å². The maximum atomic E-state index is 12.9. The van der Waals surface area contributed by atoms with Gasteiger partial charge < -0.3 is 10.6 Å². The fourth-order valence-electron chi connectivity index (χ4n) is 3.16. The molecule has 6 nitrogen and oxygen atoms in total. The zero-order valence-electron chi connectivity index (χ0n) is 20.8. The predicted octanol–water partition coefficient (Wildman–Crippen LogP) is 6.85. The lowest BCUT2D eigenvalue weighted by Crippen LogP contribution is -2.15. The molecule has 0 spiro atoms. The Labute approximate surface area is 208 Å². The zero-order chi connectivity index (χ0) is 26.9. The zero-order valence-corrected chi connectivity index (χ0v) is 20.8. The van der Waals surface area contributed by atoms with Crippen LogP contribution in [0.2, 0.25) is 0 Å². The Morgan fingerprint density at radius 2 is 1.64 bits per heavy atom. The van der Waals surface area contributed by atoms with Crippen LogP contribution in [0.4, 0.5) is 24.7 Å². The summed E-state index contributed by atoms with van der Waals surface area (Å²) in [5.41, 5.74) is 1.40. The monoisotopic (exact) mass is 498 g/mol. The summed E-state index contributed by atoms with van der Waals surface area (Å²) in [7, 11) is 1.61. The van der Waals surface area contributed by atoms with E-state index in [2.05, 4.69) is 15.7 Å². The fraction of sp³-hybridized carbons (Fsp3) is 0.222. The van der Waals surface area contributed by atoms with Crippen LogP contribution in [-0.2, 0) is 18.0 Å². The number of hydrogen-bond donors (Lipinski definition) is 2. The SMILES string of the molecule is C/C=C\C(=C/C)C(=O)Nc1ccc(-c2cc(NC(=O)c3cccc(C(F)(F)F)c3)n(C)n2)cc1.CC. The molecule has 3 rings (SSSR count). The van der Waals surface area contributed by atoms with E-state index in [0.717, 1.165) is 17.7 Å². The summed E-state index contributed by atoms with van der Waals surface area (Å²) in [5.74, 6) is -0.593. The van der Waals surface area contributed by atoms with Crippen molar-refractivity contribution in [1.82, 2.24) is 9.78 Å². The quantitative estimate of drug-likeness (QED) is 0.288. The average Bonchev–Trinajstić information content (AvgIpc) is 3.23. The number of nitrogens with one attached hydrogen (secondary N) is 2. The van der Waals surface area contributed by atoms with Gasteiger partial charge in [-0.2, -0.15) is 18.3 Å². The molecule has 1 heterocycles. The molecule has 2 amide bonds. The van der Waals surface area contributed by atoms with Crippen molar-refractivity contribution in [3.8, 4) is 11.3 Å². The van der Waals surface area contributed by atoms with Crippen molar-refractivity contribution >= 4 is 23.3 Å². The van der Waals surface area contributed by atoms with E-state index in [0.29, 0.717) is 22.8 Å². The van der Waals surface area contributed by atoms with Crippen molar-refractivity contribution in [3.05, 3.63) is 89.5 Å². The standard InChI is InChI=1S/C25H23F3N4O2.C2H6/c1-4-7-16(5-2)23(33)29-20-12-10-17(11-13-20)21-15-22(32(3)31-21)30-24(34)18-8-6-9-19(14-18)25(26,27)28;1-2/h4-15H,1-3H3,(H,29,33)(H,30,34);1-2H3/b7-4-,16-5+;. The highest BCUT2D eigenvalue weighted by molar-refractivity contribution is 6.06. The maximum absolute atomic E-state index is 12.9. The highest BCUT2D eigenvalue weighted by atomic mass is 19.4. The molecular formula is C27H29F3N4O2. The number of rotatable bonds is 6. The number of amides is 2. The van der Waals surface area contributed by atoms with Crippen LogP contribution < -0.4 is 10.6 Å². The van der Waals surface area contributed by atoms with E-state index in [1.54, 1.807) is 62.5 Å². The van der Waals surface area contributed by atoms with Gasteiger partial charge in [0.2, 0.25) is 0 Å². The number of carbonyl (C=O) groups is 2. The first kappa shape index (κ1) is 28.1. The van der Waals surface area contributed by atoms with Crippen LogP contribution >= 0.6 is 0 Å². The molecule has 190 valence electrons. The molecule has 0 atom stereocenters. The molecule has 2 aromatic carbocycles. The fourth-order valence-corrected chi connectivity index (χ4v) is 3.16. The van der Waals surface area contributed by atoms with Crippen LogP contribution in [-0.4, -0.2) is 21.6 Å². The number of benzene rings is 2. The molecule has 3 aromatic rings. The normalized spacial score (nSPS) is 11.6. The highest BCUT2D eigenvalue weighted by Gasteiger charge is 2.31. The molecule has 0 aliphatic carbocycles. The van der Waals surface area contributed by atoms with Crippen LogP contribution in [0, 0.1) is 0 Å². The number of alkyl halides is 3. The van der Waals surface area contributed by atoms with E-state index < -0.39 is 17.6 Å². The van der Waals surface area contributed by atoms with E-state index in [9.17, 15) is 22.8 Å². The Bertz CT molecular complexity index is 1260. The molecular weight excluding hydrogens is 469 g/mol. The summed E-state index contributed by atoms with van der Waals surface area (Å²) in [5, 5.41) is 9.76. The topological polar surface area (TPSA) is 76.0 Å². The molecule has 36 heavy (non-hydrogen) atoms. The van der Waals surface area contributed by atoms with Crippen LogP contribution in [0.5, 0.6) is 0 Å². The van der Waals surface area contributed by atoms with E-state index in [1.807, 2.05) is 20.8 Å². The van der Waals surface area contributed by atoms with Crippen molar-refractivity contribution in [1.29, 1.82) is 0 Å². The van der Waals surface area contributed by atoms with Gasteiger partial charge in [-0.3, -0.25) is 14.3 Å². The lowest BCUT2D eigenvalue weighted by Gasteiger charge is -2.09. The summed E-state index contributed by atoms with van der Waals surface area (Å²) in [6.07, 6.45) is 0.671. The third-order valence-electron chi connectivity index (χ3n) is 4.93. The van der Waals surface area contributed by atoms with Crippen LogP contribution in [0.25, 0.3) is 11.3 Å². The minimum absolute atomic E-state index is 0.115. The molecule has 9 heteroatoms. The van der Waals surface area contributed by atoms with Crippen molar-refractivity contribution in [2.45, 2.75) is 33.9 Å². The minimum Gasteiger partial charge on any atom is -0.322 e. The Balaban J connectivity index is 0.00000222. The number of anilines is 2. The number of halogens is 3. The molecule has 0 saturated heterocycles. The smallest absolute Gasteiger partial charge is 0.322 e. The van der Waals surface area contributed by atoms with Gasteiger partial charge in [0, 0.05) is 35.5 Å². The summed E-state index contributed by atoms with van der Waals surface area (Å²) in [4.78, 5) is 24.8. The van der Waals surface area contributed by atoms with E-state index in [4.69, 9.17) is 0 Å². The average molecular weight is 499 g/mol. The Kier molecular flexibility index (Phi) is 9.78. The van der Waals surface area contributed by atoms with Gasteiger partial charge in [-0.05, 0) is 44.2 Å². The second-order valence-electron chi connectivity index (χ2n) is 7.35. The van der Waals surface area contributed by atoms with Crippen LogP contribution in [0.1, 0.15) is 43.6 Å². The molecule has 0 bridgehead atoms. The van der Waals surface area contributed by atoms with Crippen molar-refractivity contribution in [2.75, 3.05) is 10.6 Å². The lowest BCUT2D eigenvalue weighted by molar-refractivity contribution is -0.137. The van der Waals surface area contributed by atoms with Gasteiger partial charge in [0.05, 0.1) is 11.3 Å². The molecule has 2 N–H and O–H groups in total. The third kappa shape index (κ3) is 7.18. The predicted molar refractivity (Wildman–Crippen MR) is 137 cm³/mol. The molecule has 0 aliphatic heterocycles. The number of hydrogen-bond acceptors (Lipinski definition) is 3. The largest absolute Gasteiger partial charge is 0.416 e. The van der Waals surface area contributed by atoms with Crippen molar-refractivity contribution in [3.63, 3.8) is 0 Å². The van der Waals surface area contributed by atoms with E-state index in [-0.39, 0.29) is 11.5 Å². The Morgan fingerprint density at radius 1 is 0.972 bits per heavy atom. The molecule has 0 radical (unpaired) electrons. The second kappa shape index (κ2) is 12.5. The van der Waals surface area contributed by atoms with E-state index in [1.165, 1.54) is 16.8 Å². The number of aryl methyl sites for hydroxylation is 1. The van der Waals surface area contributed by atoms with Crippen LogP contribution in [0.15, 0.2) is 78.4 Å². The number of nitrogens with zero attached hydrogens (tertiary/aromatic N) is 2. The van der Waals surface area contributed by atoms with Gasteiger partial charge in [0.25, 0.3) is 11.8 Å². The molecule has 0 unspecified atom stereocenters. The molecule has 0 saturated carbocycles. The number of aromatic nitrogens is 2. The van der Waals surface area contributed by atoms with Gasteiger partial charge in [-0.15, -0.1) is 0 Å². The third-order valence-corrected chi connectivity index (χ3v) is 4.93. The molecule has 0 fully saturated rings. The summed E-state index contributed by atoms with van der Waals surface area (Å²) in [6, 6.07) is 12.8. The Morgan fingerprint density at radius 3 is 2.22 bits per heavy atom. The van der Waals surface area contributed by atoms with Gasteiger partial charge in [-0.1, -0.05) is 50.3 Å². The van der Waals surface area contributed by atoms with Gasteiger partial charge in [0.15, 0.2) is 0 Å². The van der Waals surface area contributed by atoms with Gasteiger partial charge in [0.1, 0.15) is 5.82 Å². The first-order valence-electron chi connectivity index (χ1n) is 11.4. The van der Waals surface area contributed by atoms with E-state index >= 15 is 0 Å². The first-order valence-corrected chi connectivity index (χ1v) is 11.4. The summed E-state index contributed by atoms with van der Waals surface area (Å²) >= 11 is 0. The van der Waals surface area contributed by atoms with Crippen molar-refractivity contribution < 1.29 is 22.8 Å². The maximum Gasteiger partial charge on any atom is 0.416 e. The molecule has 0 aliphatic rings. The minimum atomic E-state index is -4.54. The van der Waals surface area contributed by atoms with Gasteiger partial charge >= 0.3 is 6.18 Å². The lowest BCUT2D eigenvalue weighted by atomic mass is 10.1.